The van der Waals surface area contributed by atoms with Crippen molar-refractivity contribution in [3.05, 3.63) is 23.8 Å². The zero-order chi connectivity index (χ0) is 22.0. The standard InChI is InChI=1S/C21H32N2O6/c1-13(24)21(5)12-23(18(26)10-22-19(27)29-20(2,3)4)11-15(21)14-7-8-17(28-6)16(25)9-14/h7-9,13,15,24-25H,10-12H2,1-6H3,(H,22,27)/t13?,15-,21-/m0/s1. The highest BCUT2D eigenvalue weighted by molar-refractivity contribution is 5.82. The van der Waals surface area contributed by atoms with E-state index in [1.165, 1.54) is 7.11 Å². The van der Waals surface area contributed by atoms with Gasteiger partial charge in [-0.1, -0.05) is 13.0 Å². The van der Waals surface area contributed by atoms with Gasteiger partial charge in [0.1, 0.15) is 12.1 Å². The number of rotatable bonds is 5. The third kappa shape index (κ3) is 5.32. The Balaban J connectivity index is 2.14. The molecule has 0 radical (unpaired) electrons. The number of phenolic OH excluding ortho intramolecular Hbond substituents is 1. The molecule has 2 rings (SSSR count). The van der Waals surface area contributed by atoms with Crippen molar-refractivity contribution in [2.75, 3.05) is 26.7 Å². The van der Waals surface area contributed by atoms with Crippen LogP contribution in [0, 0.1) is 5.41 Å². The average Bonchev–Trinajstić information content (AvgIpc) is 2.97. The van der Waals surface area contributed by atoms with Gasteiger partial charge in [0.15, 0.2) is 11.5 Å². The number of hydrogen-bond donors (Lipinski definition) is 3. The number of aliphatic hydroxyl groups is 1. The first-order valence-electron chi connectivity index (χ1n) is 9.67. The molecule has 8 heteroatoms. The van der Waals surface area contributed by atoms with Crippen LogP contribution in [0.15, 0.2) is 18.2 Å². The van der Waals surface area contributed by atoms with Crippen LogP contribution >= 0.6 is 0 Å². The summed E-state index contributed by atoms with van der Waals surface area (Å²) < 4.78 is 10.2. The summed E-state index contributed by atoms with van der Waals surface area (Å²) in [6.45, 7) is 9.36. The lowest BCUT2D eigenvalue weighted by molar-refractivity contribution is -0.129. The predicted octanol–water partition coefficient (Wildman–Crippen LogP) is 2.24. The molecule has 0 saturated carbocycles. The largest absolute Gasteiger partial charge is 0.504 e. The molecule has 1 heterocycles. The molecule has 0 aromatic heterocycles. The van der Waals surface area contributed by atoms with Crippen LogP contribution in [0.5, 0.6) is 11.5 Å². The quantitative estimate of drug-likeness (QED) is 0.690. The number of nitrogens with zero attached hydrogens (tertiary/aromatic N) is 1. The van der Waals surface area contributed by atoms with E-state index in [0.29, 0.717) is 18.8 Å². The Hall–Kier alpha value is -2.48. The average molecular weight is 408 g/mol. The van der Waals surface area contributed by atoms with Crippen molar-refractivity contribution < 1.29 is 29.3 Å². The van der Waals surface area contributed by atoms with E-state index in [1.54, 1.807) is 44.7 Å². The Kier molecular flexibility index (Phi) is 6.67. The smallest absolute Gasteiger partial charge is 0.408 e. The fourth-order valence-corrected chi connectivity index (χ4v) is 3.61. The lowest BCUT2D eigenvalue weighted by Crippen LogP contribution is -2.42. The monoisotopic (exact) mass is 408 g/mol. The summed E-state index contributed by atoms with van der Waals surface area (Å²) in [5.41, 5.74) is -0.447. The maximum atomic E-state index is 12.7. The highest BCUT2D eigenvalue weighted by Crippen LogP contribution is 2.46. The highest BCUT2D eigenvalue weighted by Gasteiger charge is 2.48. The number of hydrogen-bond acceptors (Lipinski definition) is 6. The fourth-order valence-electron chi connectivity index (χ4n) is 3.61. The van der Waals surface area contributed by atoms with E-state index in [1.807, 2.05) is 13.0 Å². The number of methoxy groups -OCH3 is 1. The van der Waals surface area contributed by atoms with Gasteiger partial charge in [-0.25, -0.2) is 4.79 Å². The Labute approximate surface area is 171 Å². The van der Waals surface area contributed by atoms with E-state index in [2.05, 4.69) is 5.32 Å². The van der Waals surface area contributed by atoms with Crippen LogP contribution < -0.4 is 10.1 Å². The van der Waals surface area contributed by atoms with Crippen molar-refractivity contribution >= 4 is 12.0 Å². The zero-order valence-corrected chi connectivity index (χ0v) is 18.0. The molecule has 0 bridgehead atoms. The van der Waals surface area contributed by atoms with Gasteiger partial charge < -0.3 is 29.9 Å². The van der Waals surface area contributed by atoms with Crippen LogP contribution in [0.1, 0.15) is 46.1 Å². The number of nitrogens with one attached hydrogen (secondary N) is 1. The van der Waals surface area contributed by atoms with Gasteiger partial charge in [0, 0.05) is 24.4 Å². The minimum atomic E-state index is -0.687. The molecule has 1 aromatic carbocycles. The number of ether oxygens (including phenoxy) is 2. The normalized spacial score (nSPS) is 22.9. The van der Waals surface area contributed by atoms with Gasteiger partial charge in [-0.05, 0) is 45.4 Å². The first kappa shape index (κ1) is 22.8. The van der Waals surface area contributed by atoms with E-state index in [0.717, 1.165) is 5.56 Å². The molecular formula is C21H32N2O6. The number of carbonyl (C=O) groups is 2. The molecule has 1 aliphatic heterocycles. The highest BCUT2D eigenvalue weighted by atomic mass is 16.6. The molecule has 1 aliphatic rings. The van der Waals surface area contributed by atoms with Crippen LogP contribution in [-0.2, 0) is 9.53 Å². The Morgan fingerprint density at radius 1 is 1.38 bits per heavy atom. The van der Waals surface area contributed by atoms with Crippen LogP contribution in [-0.4, -0.2) is 65.6 Å². The third-order valence-corrected chi connectivity index (χ3v) is 5.43. The van der Waals surface area contributed by atoms with Gasteiger partial charge in [-0.2, -0.15) is 0 Å². The molecule has 1 unspecified atom stereocenters. The molecule has 1 aromatic rings. The molecule has 1 fully saturated rings. The lowest BCUT2D eigenvalue weighted by Gasteiger charge is -2.33. The second-order valence-corrected chi connectivity index (χ2v) is 8.80. The van der Waals surface area contributed by atoms with E-state index in [9.17, 15) is 19.8 Å². The number of carbonyl (C=O) groups excluding carboxylic acids is 2. The fraction of sp³-hybridized carbons (Fsp3) is 0.619. The van der Waals surface area contributed by atoms with Gasteiger partial charge in [-0.3, -0.25) is 4.79 Å². The van der Waals surface area contributed by atoms with Crippen molar-refractivity contribution in [2.24, 2.45) is 5.41 Å². The molecule has 162 valence electrons. The molecule has 3 atom stereocenters. The summed E-state index contributed by atoms with van der Waals surface area (Å²) in [4.78, 5) is 26.1. The number of likely N-dealkylation sites (tertiary alicyclic amines) is 1. The number of aromatic hydroxyl groups is 1. The molecule has 0 spiro atoms. The topological polar surface area (TPSA) is 108 Å². The Morgan fingerprint density at radius 3 is 2.55 bits per heavy atom. The van der Waals surface area contributed by atoms with Crippen molar-refractivity contribution in [1.82, 2.24) is 10.2 Å². The molecular weight excluding hydrogens is 376 g/mol. The summed E-state index contributed by atoms with van der Waals surface area (Å²) >= 11 is 0. The number of phenols is 1. The molecule has 0 aliphatic carbocycles. The van der Waals surface area contributed by atoms with Crippen molar-refractivity contribution in [3.63, 3.8) is 0 Å². The first-order chi connectivity index (χ1) is 13.4. The maximum absolute atomic E-state index is 12.7. The van der Waals surface area contributed by atoms with Gasteiger partial charge in [0.05, 0.1) is 13.2 Å². The van der Waals surface area contributed by atoms with E-state index < -0.39 is 23.2 Å². The van der Waals surface area contributed by atoms with Crippen LogP contribution in [0.25, 0.3) is 0 Å². The molecule has 29 heavy (non-hydrogen) atoms. The maximum Gasteiger partial charge on any atom is 0.408 e. The summed E-state index contributed by atoms with van der Waals surface area (Å²) in [6, 6.07) is 5.11. The molecule has 3 N–H and O–H groups in total. The summed E-state index contributed by atoms with van der Waals surface area (Å²) in [6.07, 6.45) is -1.34. The lowest BCUT2D eigenvalue weighted by atomic mass is 9.72. The number of amides is 2. The minimum Gasteiger partial charge on any atom is -0.504 e. The van der Waals surface area contributed by atoms with E-state index in [4.69, 9.17) is 9.47 Å². The second-order valence-electron chi connectivity index (χ2n) is 8.80. The molecule has 2 amide bonds. The first-order valence-corrected chi connectivity index (χ1v) is 9.67. The third-order valence-electron chi connectivity index (χ3n) is 5.43. The number of aliphatic hydroxyl groups excluding tert-OH is 1. The van der Waals surface area contributed by atoms with Gasteiger partial charge >= 0.3 is 6.09 Å². The zero-order valence-electron chi connectivity index (χ0n) is 18.0. The predicted molar refractivity (Wildman–Crippen MR) is 108 cm³/mol. The van der Waals surface area contributed by atoms with Crippen molar-refractivity contribution in [1.29, 1.82) is 0 Å². The van der Waals surface area contributed by atoms with Gasteiger partial charge in [-0.15, -0.1) is 0 Å². The van der Waals surface area contributed by atoms with Crippen LogP contribution in [0.3, 0.4) is 0 Å². The number of benzene rings is 1. The second kappa shape index (κ2) is 8.49. The Bertz CT molecular complexity index is 758. The van der Waals surface area contributed by atoms with E-state index >= 15 is 0 Å². The van der Waals surface area contributed by atoms with Crippen LogP contribution in [0.2, 0.25) is 0 Å². The van der Waals surface area contributed by atoms with E-state index in [-0.39, 0.29) is 24.1 Å². The summed E-state index contributed by atoms with van der Waals surface area (Å²) in [5.74, 6) is -0.0814. The Morgan fingerprint density at radius 2 is 2.03 bits per heavy atom. The molecule has 8 nitrogen and oxygen atoms in total. The van der Waals surface area contributed by atoms with Gasteiger partial charge in [0.25, 0.3) is 0 Å². The van der Waals surface area contributed by atoms with Crippen LogP contribution in [0.4, 0.5) is 4.79 Å². The minimum absolute atomic E-state index is 0.00862. The SMILES string of the molecule is COc1ccc([C@@H]2CN(C(=O)CNC(=O)OC(C)(C)C)C[C@@]2(C)C(C)O)cc1O. The summed E-state index contributed by atoms with van der Waals surface area (Å²) in [7, 11) is 1.47. The summed E-state index contributed by atoms with van der Waals surface area (Å²) in [5, 5.41) is 23.1. The van der Waals surface area contributed by atoms with Crippen molar-refractivity contribution in [2.45, 2.75) is 52.2 Å². The van der Waals surface area contributed by atoms with Crippen molar-refractivity contribution in [3.8, 4) is 11.5 Å². The van der Waals surface area contributed by atoms with Gasteiger partial charge in [0.2, 0.25) is 5.91 Å². The number of alkyl carbamates (subject to hydrolysis) is 1. The molecule has 1 saturated heterocycles.